The Morgan fingerprint density at radius 3 is 2.70 bits per heavy atom. The van der Waals surface area contributed by atoms with Crippen molar-refractivity contribution in [2.24, 2.45) is 5.92 Å². The molecule has 0 spiro atoms. The molecule has 2 atom stereocenters. The fraction of sp³-hybridized carbons (Fsp3) is 0.500. The number of hydrogen-bond donors (Lipinski definition) is 1. The molecule has 1 N–H and O–H groups in total. The summed E-state index contributed by atoms with van der Waals surface area (Å²) in [5.74, 6) is -0.0206. The standard InChI is InChI=1S/C8H12O2/c1-5-3-7(9)4-6(2)8(5)10/h3-5,8-10H,1-2H3/p-1. The Labute approximate surface area is 60.5 Å². The predicted octanol–water partition coefficient (Wildman–Crippen LogP) is 0.188. The lowest BCUT2D eigenvalue weighted by molar-refractivity contribution is -0.296. The molecule has 0 amide bonds. The van der Waals surface area contributed by atoms with Gasteiger partial charge in [-0.1, -0.05) is 19.1 Å². The van der Waals surface area contributed by atoms with Crippen molar-refractivity contribution in [2.45, 2.75) is 20.0 Å². The maximum Gasteiger partial charge on any atom is 0.0810 e. The number of aliphatic hydroxyl groups excluding tert-OH is 1. The predicted molar refractivity (Wildman–Crippen MR) is 37.0 cm³/mol. The van der Waals surface area contributed by atoms with Crippen molar-refractivity contribution < 1.29 is 10.2 Å². The van der Waals surface area contributed by atoms with Crippen LogP contribution in [-0.2, 0) is 0 Å². The summed E-state index contributed by atoms with van der Waals surface area (Å²) in [5.41, 5.74) is 0.764. The van der Waals surface area contributed by atoms with Crippen LogP contribution in [0.25, 0.3) is 0 Å². The lowest BCUT2D eigenvalue weighted by Gasteiger charge is -2.24. The average molecular weight is 139 g/mol. The summed E-state index contributed by atoms with van der Waals surface area (Å²) in [6.07, 6.45) is 2.56. The van der Waals surface area contributed by atoms with E-state index in [-0.39, 0.29) is 11.7 Å². The number of aliphatic hydroxyl groups is 1. The zero-order valence-corrected chi connectivity index (χ0v) is 6.16. The van der Waals surface area contributed by atoms with Crippen LogP contribution in [0.15, 0.2) is 23.5 Å². The van der Waals surface area contributed by atoms with E-state index in [4.69, 9.17) is 0 Å². The lowest BCUT2D eigenvalue weighted by atomic mass is 9.93. The van der Waals surface area contributed by atoms with Crippen molar-refractivity contribution in [3.05, 3.63) is 23.5 Å². The van der Waals surface area contributed by atoms with Crippen molar-refractivity contribution in [3.63, 3.8) is 0 Å². The molecule has 0 aromatic heterocycles. The largest absolute Gasteiger partial charge is 0.873 e. The highest BCUT2D eigenvalue weighted by Crippen LogP contribution is 2.19. The van der Waals surface area contributed by atoms with Crippen LogP contribution in [-0.4, -0.2) is 11.2 Å². The van der Waals surface area contributed by atoms with E-state index in [1.165, 1.54) is 12.2 Å². The molecule has 0 bridgehead atoms. The second kappa shape index (κ2) is 2.46. The summed E-state index contributed by atoms with van der Waals surface area (Å²) in [6, 6.07) is 0. The monoisotopic (exact) mass is 139 g/mol. The Kier molecular flexibility index (Phi) is 1.81. The molecule has 0 aromatic carbocycles. The van der Waals surface area contributed by atoms with Crippen LogP contribution < -0.4 is 5.11 Å². The van der Waals surface area contributed by atoms with Crippen molar-refractivity contribution in [2.75, 3.05) is 0 Å². The Balaban J connectivity index is 2.85. The minimum Gasteiger partial charge on any atom is -0.873 e. The maximum absolute atomic E-state index is 10.8. The third-order valence-corrected chi connectivity index (χ3v) is 1.76. The second-order valence-corrected chi connectivity index (χ2v) is 2.76. The summed E-state index contributed by atoms with van der Waals surface area (Å²) in [6.45, 7) is 3.60. The van der Waals surface area contributed by atoms with Crippen LogP contribution in [0.1, 0.15) is 13.8 Å². The highest BCUT2D eigenvalue weighted by Gasteiger charge is 2.15. The van der Waals surface area contributed by atoms with E-state index in [1.807, 2.05) is 6.92 Å². The van der Waals surface area contributed by atoms with Crippen molar-refractivity contribution in [3.8, 4) is 0 Å². The first kappa shape index (κ1) is 7.35. The summed E-state index contributed by atoms with van der Waals surface area (Å²) in [5, 5.41) is 20.1. The van der Waals surface area contributed by atoms with Gasteiger partial charge in [-0.2, -0.15) is 0 Å². The molecule has 0 aliphatic heterocycles. The molecule has 0 radical (unpaired) electrons. The first-order valence-electron chi connectivity index (χ1n) is 3.36. The van der Waals surface area contributed by atoms with Gasteiger partial charge in [0.15, 0.2) is 0 Å². The molecule has 56 valence electrons. The van der Waals surface area contributed by atoms with Crippen LogP contribution in [0.3, 0.4) is 0 Å². The molecule has 0 heterocycles. The van der Waals surface area contributed by atoms with E-state index in [9.17, 15) is 10.2 Å². The van der Waals surface area contributed by atoms with E-state index in [0.29, 0.717) is 0 Å². The van der Waals surface area contributed by atoms with E-state index in [0.717, 1.165) is 5.57 Å². The van der Waals surface area contributed by atoms with E-state index in [1.54, 1.807) is 6.92 Å². The minimum atomic E-state index is -0.460. The molecule has 0 saturated carbocycles. The Morgan fingerprint density at radius 1 is 1.60 bits per heavy atom. The number of hydrogen-bond acceptors (Lipinski definition) is 2. The summed E-state index contributed by atoms with van der Waals surface area (Å²) < 4.78 is 0. The van der Waals surface area contributed by atoms with Crippen LogP contribution in [0.5, 0.6) is 0 Å². The normalized spacial score (nSPS) is 33.1. The van der Waals surface area contributed by atoms with Crippen molar-refractivity contribution in [1.29, 1.82) is 0 Å². The van der Waals surface area contributed by atoms with Crippen LogP contribution in [0.2, 0.25) is 0 Å². The van der Waals surface area contributed by atoms with Crippen molar-refractivity contribution in [1.82, 2.24) is 0 Å². The topological polar surface area (TPSA) is 43.3 Å². The summed E-state index contributed by atoms with van der Waals surface area (Å²) in [4.78, 5) is 0. The van der Waals surface area contributed by atoms with Gasteiger partial charge >= 0.3 is 0 Å². The molecule has 1 aliphatic rings. The van der Waals surface area contributed by atoms with Gasteiger partial charge in [0.2, 0.25) is 0 Å². The third-order valence-electron chi connectivity index (χ3n) is 1.76. The Morgan fingerprint density at radius 2 is 2.20 bits per heavy atom. The van der Waals surface area contributed by atoms with Gasteiger partial charge in [0, 0.05) is 5.92 Å². The van der Waals surface area contributed by atoms with Gasteiger partial charge in [0.1, 0.15) is 0 Å². The van der Waals surface area contributed by atoms with Gasteiger partial charge in [-0.25, -0.2) is 0 Å². The van der Waals surface area contributed by atoms with Gasteiger partial charge in [0.05, 0.1) is 6.10 Å². The highest BCUT2D eigenvalue weighted by molar-refractivity contribution is 5.25. The lowest BCUT2D eigenvalue weighted by Crippen LogP contribution is -2.23. The smallest absolute Gasteiger partial charge is 0.0810 e. The van der Waals surface area contributed by atoms with Gasteiger partial charge < -0.3 is 10.2 Å². The summed E-state index contributed by atoms with van der Waals surface area (Å²) >= 11 is 0. The fourth-order valence-electron chi connectivity index (χ4n) is 1.12. The zero-order valence-electron chi connectivity index (χ0n) is 6.16. The van der Waals surface area contributed by atoms with Crippen LogP contribution in [0.4, 0.5) is 0 Å². The highest BCUT2D eigenvalue weighted by atomic mass is 16.3. The molecule has 0 fully saturated rings. The first-order valence-corrected chi connectivity index (χ1v) is 3.36. The second-order valence-electron chi connectivity index (χ2n) is 2.76. The molecule has 1 rings (SSSR count). The van der Waals surface area contributed by atoms with Crippen LogP contribution in [0, 0.1) is 5.92 Å². The maximum atomic E-state index is 10.8. The van der Waals surface area contributed by atoms with E-state index >= 15 is 0 Å². The molecular weight excluding hydrogens is 128 g/mol. The first-order chi connectivity index (χ1) is 4.61. The minimum absolute atomic E-state index is 0.00954. The molecule has 2 unspecified atom stereocenters. The van der Waals surface area contributed by atoms with E-state index < -0.39 is 6.10 Å². The Bertz CT molecular complexity index is 191. The molecule has 0 aromatic rings. The SMILES string of the molecule is CC1=CC([O-])=CC(C)C1O. The van der Waals surface area contributed by atoms with Crippen LogP contribution >= 0.6 is 0 Å². The van der Waals surface area contributed by atoms with Crippen molar-refractivity contribution >= 4 is 0 Å². The number of rotatable bonds is 0. The number of allylic oxidation sites excluding steroid dienone is 1. The Hall–Kier alpha value is -0.760. The molecular formula is C8H11O2-. The quantitative estimate of drug-likeness (QED) is 0.520. The fourth-order valence-corrected chi connectivity index (χ4v) is 1.12. The molecule has 2 heteroatoms. The van der Waals surface area contributed by atoms with Gasteiger partial charge in [-0.15, -0.1) is 5.76 Å². The van der Waals surface area contributed by atoms with Gasteiger partial charge in [-0.05, 0) is 12.5 Å². The third kappa shape index (κ3) is 1.21. The zero-order chi connectivity index (χ0) is 7.72. The van der Waals surface area contributed by atoms with Gasteiger partial charge in [-0.3, -0.25) is 0 Å². The molecule has 0 saturated heterocycles. The molecule has 1 aliphatic carbocycles. The molecule has 10 heavy (non-hydrogen) atoms. The van der Waals surface area contributed by atoms with Gasteiger partial charge in [0.25, 0.3) is 0 Å². The van der Waals surface area contributed by atoms with E-state index in [2.05, 4.69) is 0 Å². The average Bonchev–Trinajstić information content (AvgIpc) is 1.82. The summed E-state index contributed by atoms with van der Waals surface area (Å²) in [7, 11) is 0. The molecule has 2 nitrogen and oxygen atoms in total.